The second-order valence-corrected chi connectivity index (χ2v) is 6.13. The Morgan fingerprint density at radius 3 is 2.57 bits per heavy atom. The zero-order valence-electron chi connectivity index (χ0n) is 12.8. The van der Waals surface area contributed by atoms with Gasteiger partial charge < -0.3 is 15.5 Å². The van der Waals surface area contributed by atoms with Gasteiger partial charge in [0, 0.05) is 25.0 Å². The monoisotopic (exact) mass is 361 g/mol. The summed E-state index contributed by atoms with van der Waals surface area (Å²) in [6, 6.07) is -0.0162. The second-order valence-electron chi connectivity index (χ2n) is 4.69. The van der Waals surface area contributed by atoms with Gasteiger partial charge in [0.05, 0.1) is 6.04 Å². The van der Waals surface area contributed by atoms with E-state index in [0.29, 0.717) is 6.42 Å². The van der Waals surface area contributed by atoms with E-state index >= 15 is 0 Å². The zero-order chi connectivity index (χ0) is 16.3. The molecule has 21 heavy (non-hydrogen) atoms. The van der Waals surface area contributed by atoms with Crippen molar-refractivity contribution in [1.29, 1.82) is 0 Å². The smallest absolute Gasteiger partial charge is 0.306 e. The molecule has 0 aliphatic rings. The van der Waals surface area contributed by atoms with Gasteiger partial charge in [0.15, 0.2) is 6.61 Å². The number of carbonyl (C=O) groups excluding carboxylic acids is 2. The maximum Gasteiger partial charge on any atom is 0.306 e. The Morgan fingerprint density at radius 1 is 1.38 bits per heavy atom. The molecule has 120 valence electrons. The Kier molecular flexibility index (Phi) is 10.6. The number of nitrogens with zero attached hydrogens (tertiary/aromatic N) is 1. The summed E-state index contributed by atoms with van der Waals surface area (Å²) in [6.07, 6.45) is 4.85. The number of likely N-dealkylation sites (N-methyl/N-ethyl adjacent to an activating group) is 1. The third-order valence-electron chi connectivity index (χ3n) is 2.87. The minimum atomic E-state index is -0.403. The Hall–Kier alpha value is -1.37. The lowest BCUT2D eigenvalue weighted by Gasteiger charge is -2.20. The van der Waals surface area contributed by atoms with Crippen LogP contribution in [0.1, 0.15) is 26.7 Å². The highest BCUT2D eigenvalue weighted by atomic mass is 79.9. The number of hydrogen-bond donors (Lipinski definition) is 2. The molecule has 3 unspecified atom stereocenters. The van der Waals surface area contributed by atoms with Crippen molar-refractivity contribution in [2.45, 2.75) is 37.6 Å². The van der Waals surface area contributed by atoms with Crippen LogP contribution in [0.15, 0.2) is 17.3 Å². The van der Waals surface area contributed by atoms with Gasteiger partial charge in [-0.05, 0) is 19.3 Å². The van der Waals surface area contributed by atoms with Crippen molar-refractivity contribution in [2.24, 2.45) is 11.0 Å². The van der Waals surface area contributed by atoms with Crippen molar-refractivity contribution >= 4 is 34.5 Å². The third-order valence-corrected chi connectivity index (χ3v) is 3.18. The van der Waals surface area contributed by atoms with Crippen LogP contribution in [-0.4, -0.2) is 43.1 Å². The SMILES string of the molecule is C=NNC(CCC(=O)OCC(=O)NC)C(C)/C=C\C(C)Br. The van der Waals surface area contributed by atoms with E-state index in [1.807, 2.05) is 19.9 Å². The van der Waals surface area contributed by atoms with Crippen LogP contribution in [0.3, 0.4) is 0 Å². The van der Waals surface area contributed by atoms with Gasteiger partial charge in [-0.25, -0.2) is 0 Å². The molecule has 0 heterocycles. The fourth-order valence-electron chi connectivity index (χ4n) is 1.59. The molecule has 0 radical (unpaired) electrons. The molecule has 1 amide bonds. The van der Waals surface area contributed by atoms with Crippen LogP contribution in [0.2, 0.25) is 0 Å². The normalized spacial score (nSPS) is 15.0. The average molecular weight is 362 g/mol. The van der Waals surface area contributed by atoms with Gasteiger partial charge >= 0.3 is 5.97 Å². The van der Waals surface area contributed by atoms with Crippen molar-refractivity contribution in [1.82, 2.24) is 10.7 Å². The molecular formula is C14H24BrN3O3. The van der Waals surface area contributed by atoms with E-state index in [2.05, 4.69) is 44.6 Å². The van der Waals surface area contributed by atoms with E-state index in [4.69, 9.17) is 4.74 Å². The van der Waals surface area contributed by atoms with Crippen LogP contribution < -0.4 is 10.7 Å². The number of ether oxygens (including phenoxy) is 1. The van der Waals surface area contributed by atoms with Gasteiger partial charge in [-0.2, -0.15) is 5.10 Å². The predicted molar refractivity (Wildman–Crippen MR) is 87.4 cm³/mol. The Bertz CT molecular complexity index is 372. The summed E-state index contributed by atoms with van der Waals surface area (Å²) in [7, 11) is 1.49. The zero-order valence-corrected chi connectivity index (χ0v) is 14.4. The van der Waals surface area contributed by atoms with E-state index < -0.39 is 5.97 Å². The van der Waals surface area contributed by atoms with Crippen LogP contribution in [0.4, 0.5) is 0 Å². The quantitative estimate of drug-likeness (QED) is 0.203. The fraction of sp³-hybridized carbons (Fsp3) is 0.643. The molecule has 0 saturated heterocycles. The highest BCUT2D eigenvalue weighted by Gasteiger charge is 2.17. The third kappa shape index (κ3) is 10.1. The largest absolute Gasteiger partial charge is 0.456 e. The van der Waals surface area contributed by atoms with Crippen molar-refractivity contribution in [3.63, 3.8) is 0 Å². The standard InChI is InChI=1S/C14H24BrN3O3/c1-10(5-6-11(2)15)12(18-17-4)7-8-14(20)21-9-13(19)16-3/h5-6,10-12,18H,4,7-9H2,1-3H3,(H,16,19)/b6-5-. The van der Waals surface area contributed by atoms with Gasteiger partial charge in [0.1, 0.15) is 0 Å². The summed E-state index contributed by atoms with van der Waals surface area (Å²) in [6.45, 7) is 7.22. The van der Waals surface area contributed by atoms with E-state index in [1.165, 1.54) is 7.05 Å². The van der Waals surface area contributed by atoms with Gasteiger partial charge in [0.2, 0.25) is 0 Å². The first-order valence-corrected chi connectivity index (χ1v) is 7.72. The number of hydrazone groups is 1. The molecule has 6 nitrogen and oxygen atoms in total. The Balaban J connectivity index is 4.28. The number of rotatable bonds is 10. The van der Waals surface area contributed by atoms with Crippen molar-refractivity contribution in [2.75, 3.05) is 13.7 Å². The van der Waals surface area contributed by atoms with E-state index in [0.717, 1.165) is 0 Å². The fourth-order valence-corrected chi connectivity index (χ4v) is 1.76. The minimum Gasteiger partial charge on any atom is -0.456 e. The number of esters is 1. The highest BCUT2D eigenvalue weighted by molar-refractivity contribution is 9.09. The van der Waals surface area contributed by atoms with Crippen molar-refractivity contribution in [3.8, 4) is 0 Å². The molecule has 2 N–H and O–H groups in total. The predicted octanol–water partition coefficient (Wildman–Crippen LogP) is 1.61. The Morgan fingerprint density at radius 2 is 2.05 bits per heavy atom. The molecule has 0 aromatic rings. The molecular weight excluding hydrogens is 338 g/mol. The number of amides is 1. The average Bonchev–Trinajstić information content (AvgIpc) is 2.46. The summed E-state index contributed by atoms with van der Waals surface area (Å²) in [4.78, 5) is 22.8. The topological polar surface area (TPSA) is 79.8 Å². The Labute approximate surface area is 134 Å². The molecule has 0 bridgehead atoms. The summed E-state index contributed by atoms with van der Waals surface area (Å²) in [5, 5.41) is 6.07. The van der Waals surface area contributed by atoms with E-state index in [-0.39, 0.29) is 35.7 Å². The highest BCUT2D eigenvalue weighted by Crippen LogP contribution is 2.13. The lowest BCUT2D eigenvalue weighted by Crippen LogP contribution is -2.31. The lowest BCUT2D eigenvalue weighted by atomic mass is 9.97. The minimum absolute atomic E-state index is 0.0162. The number of hydrogen-bond acceptors (Lipinski definition) is 5. The van der Waals surface area contributed by atoms with E-state index in [9.17, 15) is 9.59 Å². The van der Waals surface area contributed by atoms with Crippen LogP contribution in [0, 0.1) is 5.92 Å². The van der Waals surface area contributed by atoms with E-state index in [1.54, 1.807) is 0 Å². The molecule has 0 fully saturated rings. The molecule has 3 atom stereocenters. The number of carbonyl (C=O) groups is 2. The first-order chi connectivity index (χ1) is 9.90. The van der Waals surface area contributed by atoms with Gasteiger partial charge in [-0.15, -0.1) is 0 Å². The van der Waals surface area contributed by atoms with Gasteiger partial charge in [-0.1, -0.05) is 35.0 Å². The molecule has 0 spiro atoms. The maximum absolute atomic E-state index is 11.6. The molecule has 0 aromatic heterocycles. The van der Waals surface area contributed by atoms with Crippen LogP contribution in [-0.2, 0) is 14.3 Å². The first-order valence-electron chi connectivity index (χ1n) is 6.80. The number of alkyl halides is 1. The number of allylic oxidation sites excluding steroid dienone is 1. The summed E-state index contributed by atoms with van der Waals surface area (Å²) in [5.41, 5.74) is 2.90. The molecule has 0 aliphatic heterocycles. The van der Waals surface area contributed by atoms with Crippen LogP contribution in [0.5, 0.6) is 0 Å². The summed E-state index contributed by atoms with van der Waals surface area (Å²) in [5.74, 6) is -0.546. The first kappa shape index (κ1) is 19.6. The van der Waals surface area contributed by atoms with Crippen LogP contribution in [0.25, 0.3) is 0 Å². The summed E-state index contributed by atoms with van der Waals surface area (Å²) < 4.78 is 4.85. The van der Waals surface area contributed by atoms with Gasteiger partial charge in [0.25, 0.3) is 5.91 Å². The van der Waals surface area contributed by atoms with Crippen molar-refractivity contribution < 1.29 is 14.3 Å². The molecule has 0 rings (SSSR count). The number of halogens is 1. The molecule has 0 saturated carbocycles. The van der Waals surface area contributed by atoms with Gasteiger partial charge in [-0.3, -0.25) is 9.59 Å². The lowest BCUT2D eigenvalue weighted by molar-refractivity contribution is -0.148. The van der Waals surface area contributed by atoms with Crippen molar-refractivity contribution in [3.05, 3.63) is 12.2 Å². The number of nitrogens with one attached hydrogen (secondary N) is 2. The maximum atomic E-state index is 11.6. The molecule has 0 aliphatic carbocycles. The second kappa shape index (κ2) is 11.3. The van der Waals surface area contributed by atoms with Crippen LogP contribution >= 0.6 is 15.9 Å². The molecule has 0 aromatic carbocycles. The molecule has 7 heteroatoms. The summed E-state index contributed by atoms with van der Waals surface area (Å²) >= 11 is 3.44.